The van der Waals surface area contributed by atoms with Gasteiger partial charge in [-0.05, 0) is 46.5 Å². The van der Waals surface area contributed by atoms with Gasteiger partial charge in [-0.25, -0.2) is 8.42 Å². The van der Waals surface area contributed by atoms with Crippen molar-refractivity contribution in [2.45, 2.75) is 29.1 Å². The van der Waals surface area contributed by atoms with E-state index in [4.69, 9.17) is 0 Å². The molecule has 7 heteroatoms. The number of benzene rings is 1. The van der Waals surface area contributed by atoms with Crippen molar-refractivity contribution in [1.29, 1.82) is 0 Å². The van der Waals surface area contributed by atoms with Crippen LogP contribution in [0, 0.1) is 0 Å². The van der Waals surface area contributed by atoms with Crippen molar-refractivity contribution in [3.8, 4) is 0 Å². The number of piperazine rings is 1. The van der Waals surface area contributed by atoms with E-state index >= 15 is 0 Å². The molecule has 1 aromatic heterocycles. The normalized spacial score (nSPS) is 23.5. The third kappa shape index (κ3) is 3.20. The molecule has 1 saturated heterocycles. The Kier molecular flexibility index (Phi) is 4.55. The van der Waals surface area contributed by atoms with Gasteiger partial charge in [0.1, 0.15) is 4.21 Å². The third-order valence-electron chi connectivity index (χ3n) is 4.72. The quantitative estimate of drug-likeness (QED) is 0.747. The van der Waals surface area contributed by atoms with E-state index in [0.29, 0.717) is 16.8 Å². The first-order valence-electron chi connectivity index (χ1n) is 8.12. The van der Waals surface area contributed by atoms with E-state index in [2.05, 4.69) is 20.8 Å². The Hall–Kier alpha value is -0.730. The predicted molar refractivity (Wildman–Crippen MR) is 99.7 cm³/mol. The summed E-state index contributed by atoms with van der Waals surface area (Å²) < 4.78 is 29.3. The Labute approximate surface area is 155 Å². The maximum Gasteiger partial charge on any atom is 0.253 e. The molecule has 2 aliphatic rings. The van der Waals surface area contributed by atoms with Crippen LogP contribution in [0.1, 0.15) is 24.4 Å². The lowest BCUT2D eigenvalue weighted by molar-refractivity contribution is 0.129. The van der Waals surface area contributed by atoms with Crippen LogP contribution in [0.2, 0.25) is 0 Å². The molecule has 128 valence electrons. The lowest BCUT2D eigenvalue weighted by atomic mass is 10.0. The van der Waals surface area contributed by atoms with E-state index in [1.165, 1.54) is 24.2 Å². The van der Waals surface area contributed by atoms with Gasteiger partial charge in [-0.15, -0.1) is 11.3 Å². The molecule has 4 rings (SSSR count). The summed E-state index contributed by atoms with van der Waals surface area (Å²) in [5, 5.41) is 0. The SMILES string of the molecule is O=S(=O)(c1ccc(Br)s1)N1CCN(C2CC2)CC1c1ccccc1. The van der Waals surface area contributed by atoms with Crippen LogP contribution in [-0.2, 0) is 10.0 Å². The molecule has 2 fully saturated rings. The fraction of sp³-hybridized carbons (Fsp3) is 0.412. The highest BCUT2D eigenvalue weighted by molar-refractivity contribution is 9.11. The standard InChI is InChI=1S/C17H19BrN2O2S2/c18-16-8-9-17(23-16)24(21,22)20-11-10-19(14-6-7-14)12-15(20)13-4-2-1-3-5-13/h1-5,8-9,14-15H,6-7,10-12H2. The van der Waals surface area contributed by atoms with E-state index in [0.717, 1.165) is 22.4 Å². The van der Waals surface area contributed by atoms with Crippen LogP contribution in [0.3, 0.4) is 0 Å². The van der Waals surface area contributed by atoms with Crippen molar-refractivity contribution in [2.24, 2.45) is 0 Å². The van der Waals surface area contributed by atoms with Gasteiger partial charge >= 0.3 is 0 Å². The lowest BCUT2D eigenvalue weighted by Crippen LogP contribution is -2.51. The van der Waals surface area contributed by atoms with Crippen LogP contribution in [-0.4, -0.2) is 43.3 Å². The second kappa shape index (κ2) is 6.53. The van der Waals surface area contributed by atoms with Gasteiger partial charge in [-0.1, -0.05) is 30.3 Å². The summed E-state index contributed by atoms with van der Waals surface area (Å²) in [4.78, 5) is 2.45. The number of hydrogen-bond acceptors (Lipinski definition) is 4. The Bertz CT molecular complexity index is 818. The molecule has 2 heterocycles. The molecule has 0 spiro atoms. The summed E-state index contributed by atoms with van der Waals surface area (Å²) in [7, 11) is -3.47. The highest BCUT2D eigenvalue weighted by Crippen LogP contribution is 2.38. The molecular weight excluding hydrogens is 408 g/mol. The van der Waals surface area contributed by atoms with Crippen molar-refractivity contribution in [1.82, 2.24) is 9.21 Å². The van der Waals surface area contributed by atoms with Gasteiger partial charge in [0, 0.05) is 25.7 Å². The summed E-state index contributed by atoms with van der Waals surface area (Å²) in [6.45, 7) is 2.15. The van der Waals surface area contributed by atoms with Crippen molar-refractivity contribution >= 4 is 37.3 Å². The lowest BCUT2D eigenvalue weighted by Gasteiger charge is -2.40. The second-order valence-electron chi connectivity index (χ2n) is 6.33. The minimum atomic E-state index is -3.47. The molecular formula is C17H19BrN2O2S2. The average molecular weight is 427 g/mol. The molecule has 1 aliphatic heterocycles. The first kappa shape index (κ1) is 16.7. The Morgan fingerprint density at radius 2 is 1.79 bits per heavy atom. The van der Waals surface area contributed by atoms with Crippen molar-refractivity contribution in [3.05, 3.63) is 51.8 Å². The third-order valence-corrected chi connectivity index (χ3v) is 8.72. The van der Waals surface area contributed by atoms with Crippen molar-refractivity contribution in [2.75, 3.05) is 19.6 Å². The fourth-order valence-corrected chi connectivity index (χ4v) is 7.08. The molecule has 4 nitrogen and oxygen atoms in total. The summed E-state index contributed by atoms with van der Waals surface area (Å²) in [6, 6.07) is 14.0. The summed E-state index contributed by atoms with van der Waals surface area (Å²) in [5.41, 5.74) is 1.07. The molecule has 1 unspecified atom stereocenters. The van der Waals surface area contributed by atoms with Gasteiger partial charge in [0.05, 0.1) is 9.83 Å². The smallest absolute Gasteiger partial charge is 0.253 e. The molecule has 1 aliphatic carbocycles. The molecule has 24 heavy (non-hydrogen) atoms. The van der Waals surface area contributed by atoms with Crippen molar-refractivity contribution in [3.63, 3.8) is 0 Å². The average Bonchev–Trinajstić information content (AvgIpc) is 3.36. The molecule has 2 aromatic rings. The van der Waals surface area contributed by atoms with Crippen LogP contribution in [0.25, 0.3) is 0 Å². The molecule has 0 N–H and O–H groups in total. The molecule has 0 amide bonds. The number of hydrogen-bond donors (Lipinski definition) is 0. The minimum Gasteiger partial charge on any atom is -0.297 e. The van der Waals surface area contributed by atoms with Crippen molar-refractivity contribution < 1.29 is 8.42 Å². The van der Waals surface area contributed by atoms with Crippen LogP contribution >= 0.6 is 27.3 Å². The first-order chi connectivity index (χ1) is 11.6. The summed E-state index contributed by atoms with van der Waals surface area (Å²) >= 11 is 4.65. The monoisotopic (exact) mass is 426 g/mol. The van der Waals surface area contributed by atoms with E-state index in [1.807, 2.05) is 30.3 Å². The molecule has 1 aromatic carbocycles. The highest BCUT2D eigenvalue weighted by atomic mass is 79.9. The number of thiophene rings is 1. The van der Waals surface area contributed by atoms with E-state index in [9.17, 15) is 8.42 Å². The van der Waals surface area contributed by atoms with Gasteiger partial charge in [0.25, 0.3) is 10.0 Å². The number of halogens is 1. The largest absolute Gasteiger partial charge is 0.297 e. The Morgan fingerprint density at radius 3 is 2.42 bits per heavy atom. The fourth-order valence-electron chi connectivity index (χ4n) is 3.35. The molecule has 0 radical (unpaired) electrons. The molecule has 1 saturated carbocycles. The van der Waals surface area contributed by atoms with Gasteiger partial charge in [0.15, 0.2) is 0 Å². The zero-order valence-electron chi connectivity index (χ0n) is 13.1. The van der Waals surface area contributed by atoms with Crippen LogP contribution in [0.15, 0.2) is 50.5 Å². The van der Waals surface area contributed by atoms with E-state index in [-0.39, 0.29) is 6.04 Å². The predicted octanol–water partition coefficient (Wildman–Crippen LogP) is 3.72. The summed E-state index contributed by atoms with van der Waals surface area (Å²) in [6.07, 6.45) is 2.48. The minimum absolute atomic E-state index is 0.119. The van der Waals surface area contributed by atoms with E-state index in [1.54, 1.807) is 16.4 Å². The van der Waals surface area contributed by atoms with Crippen LogP contribution < -0.4 is 0 Å². The topological polar surface area (TPSA) is 40.6 Å². The van der Waals surface area contributed by atoms with Gasteiger partial charge < -0.3 is 0 Å². The number of nitrogens with zero attached hydrogens (tertiary/aromatic N) is 2. The van der Waals surface area contributed by atoms with Crippen LogP contribution in [0.5, 0.6) is 0 Å². The van der Waals surface area contributed by atoms with E-state index < -0.39 is 10.0 Å². The number of rotatable bonds is 4. The zero-order valence-corrected chi connectivity index (χ0v) is 16.4. The molecule has 1 atom stereocenters. The van der Waals surface area contributed by atoms with Gasteiger partial charge in [-0.2, -0.15) is 4.31 Å². The zero-order chi connectivity index (χ0) is 16.7. The maximum atomic E-state index is 13.2. The van der Waals surface area contributed by atoms with Gasteiger partial charge in [-0.3, -0.25) is 4.90 Å². The molecule has 0 bridgehead atoms. The first-order valence-corrected chi connectivity index (χ1v) is 11.2. The second-order valence-corrected chi connectivity index (χ2v) is 10.9. The Morgan fingerprint density at radius 1 is 1.04 bits per heavy atom. The number of sulfonamides is 1. The van der Waals surface area contributed by atoms with Crippen LogP contribution in [0.4, 0.5) is 0 Å². The highest BCUT2D eigenvalue weighted by Gasteiger charge is 2.41. The van der Waals surface area contributed by atoms with Gasteiger partial charge in [0.2, 0.25) is 0 Å². The Balaban J connectivity index is 1.69. The maximum absolute atomic E-state index is 13.2. The summed E-state index contributed by atoms with van der Waals surface area (Å²) in [5.74, 6) is 0.